The minimum absolute atomic E-state index is 0. The summed E-state index contributed by atoms with van der Waals surface area (Å²) in [6, 6.07) is 0. The summed E-state index contributed by atoms with van der Waals surface area (Å²) in [5.41, 5.74) is -0.386. The summed E-state index contributed by atoms with van der Waals surface area (Å²) in [6.45, 7) is 10.9. The van der Waals surface area contributed by atoms with E-state index < -0.39 is 0 Å². The molecule has 1 aliphatic heterocycles. The summed E-state index contributed by atoms with van der Waals surface area (Å²) in [7, 11) is 0. The van der Waals surface area contributed by atoms with E-state index in [1.807, 2.05) is 20.8 Å². The van der Waals surface area contributed by atoms with Crippen LogP contribution in [0.15, 0.2) is 0 Å². The molecule has 1 aliphatic rings. The number of hydrogen-bond donors (Lipinski definition) is 0. The van der Waals surface area contributed by atoms with E-state index in [4.69, 9.17) is 4.74 Å². The van der Waals surface area contributed by atoms with Crippen molar-refractivity contribution >= 4 is 6.09 Å². The molecule has 1 fully saturated rings. The van der Waals surface area contributed by atoms with Gasteiger partial charge in [-0.2, -0.15) is 0 Å². The third kappa shape index (κ3) is 4.08. The van der Waals surface area contributed by atoms with Crippen LogP contribution in [0.25, 0.3) is 0 Å². The minimum atomic E-state index is -0.386. The summed E-state index contributed by atoms with van der Waals surface area (Å²) in [6.07, 6.45) is -0.220. The van der Waals surface area contributed by atoms with Gasteiger partial charge in [0.15, 0.2) is 0 Å². The van der Waals surface area contributed by atoms with Gasteiger partial charge in [0.1, 0.15) is 5.60 Å². The monoisotopic (exact) mass is 234 g/mol. The maximum Gasteiger partial charge on any atom is 0.410 e. The predicted octanol–water partition coefficient (Wildman–Crippen LogP) is 1.68. The Hall–Kier alpha value is -0.107. The van der Waals surface area contributed by atoms with Crippen LogP contribution >= 0.6 is 0 Å². The van der Waals surface area contributed by atoms with Crippen molar-refractivity contribution in [3.63, 3.8) is 0 Å². The molecule has 3 nitrogen and oxygen atoms in total. The van der Waals surface area contributed by atoms with Gasteiger partial charge < -0.3 is 16.6 Å². The average molecular weight is 236 g/mol. The SMILES string of the molecule is [CH2-]C1CN(C(=O)OC(C)(C)C)C1.[Zn]. The van der Waals surface area contributed by atoms with Crippen molar-refractivity contribution in [2.24, 2.45) is 5.92 Å². The number of carbonyl (C=O) groups is 1. The van der Waals surface area contributed by atoms with E-state index in [0.717, 1.165) is 13.1 Å². The second-order valence-corrected chi connectivity index (χ2v) is 4.25. The molecule has 0 unspecified atom stereocenters. The maximum atomic E-state index is 11.3. The Labute approximate surface area is 92.6 Å². The fourth-order valence-electron chi connectivity index (χ4n) is 1.05. The Bertz CT molecular complexity index is 183. The molecular weight excluding hydrogens is 219 g/mol. The van der Waals surface area contributed by atoms with Crippen molar-refractivity contribution in [1.29, 1.82) is 0 Å². The van der Waals surface area contributed by atoms with Gasteiger partial charge in [-0.15, -0.1) is 5.92 Å². The third-order valence-electron chi connectivity index (χ3n) is 1.61. The topological polar surface area (TPSA) is 29.5 Å². The molecule has 0 saturated carbocycles. The van der Waals surface area contributed by atoms with Gasteiger partial charge in [-0.05, 0) is 20.8 Å². The predicted molar refractivity (Wildman–Crippen MR) is 46.7 cm³/mol. The molecule has 0 atom stereocenters. The first-order valence-electron chi connectivity index (χ1n) is 4.19. The minimum Gasteiger partial charge on any atom is -0.444 e. The summed E-state index contributed by atoms with van der Waals surface area (Å²) >= 11 is 0. The number of likely N-dealkylation sites (tertiary alicyclic amines) is 1. The van der Waals surface area contributed by atoms with Crippen LogP contribution in [0.2, 0.25) is 0 Å². The second-order valence-electron chi connectivity index (χ2n) is 4.25. The molecule has 0 N–H and O–H groups in total. The molecule has 72 valence electrons. The van der Waals surface area contributed by atoms with Crippen LogP contribution in [0.4, 0.5) is 4.79 Å². The standard InChI is InChI=1S/C9H16NO2.Zn/c1-7-5-10(6-7)8(11)12-9(2,3)4;/h7H,1,5-6H2,2-4H3;/q-1;. The third-order valence-corrected chi connectivity index (χ3v) is 1.61. The molecule has 0 spiro atoms. The summed E-state index contributed by atoms with van der Waals surface area (Å²) in [4.78, 5) is 12.9. The Morgan fingerprint density at radius 2 is 1.92 bits per heavy atom. The van der Waals surface area contributed by atoms with Gasteiger partial charge in [0.2, 0.25) is 0 Å². The molecule has 0 aromatic carbocycles. The molecule has 4 heteroatoms. The zero-order valence-corrected chi connectivity index (χ0v) is 11.6. The molecule has 13 heavy (non-hydrogen) atoms. The van der Waals surface area contributed by atoms with E-state index in [-0.39, 0.29) is 31.2 Å². The normalized spacial score (nSPS) is 17.4. The zero-order chi connectivity index (χ0) is 9.35. The molecule has 0 aromatic rings. The van der Waals surface area contributed by atoms with Crippen molar-refractivity contribution in [2.75, 3.05) is 13.1 Å². The van der Waals surface area contributed by atoms with E-state index in [9.17, 15) is 4.79 Å². The van der Waals surface area contributed by atoms with E-state index in [0.29, 0.717) is 5.92 Å². The van der Waals surface area contributed by atoms with Gasteiger partial charge in [0, 0.05) is 32.6 Å². The maximum absolute atomic E-state index is 11.3. The van der Waals surface area contributed by atoms with Crippen LogP contribution < -0.4 is 0 Å². The Kier molecular flexibility index (Phi) is 4.37. The second kappa shape index (κ2) is 4.41. The molecular formula is C9H16NO2Zn-. The smallest absolute Gasteiger partial charge is 0.410 e. The van der Waals surface area contributed by atoms with Gasteiger partial charge in [0.05, 0.1) is 0 Å². The molecule has 1 heterocycles. The zero-order valence-electron chi connectivity index (χ0n) is 8.67. The number of nitrogens with zero attached hydrogens (tertiary/aromatic N) is 1. The van der Waals surface area contributed by atoms with Crippen molar-refractivity contribution in [3.05, 3.63) is 6.92 Å². The first kappa shape index (κ1) is 12.9. The van der Waals surface area contributed by atoms with Gasteiger partial charge >= 0.3 is 6.09 Å². The Balaban J connectivity index is 0.00000144. The number of hydrogen-bond acceptors (Lipinski definition) is 2. The summed E-state index contributed by atoms with van der Waals surface area (Å²) in [5.74, 6) is 0.387. The van der Waals surface area contributed by atoms with Crippen LogP contribution in [-0.4, -0.2) is 29.7 Å². The molecule has 0 aliphatic carbocycles. The van der Waals surface area contributed by atoms with Crippen LogP contribution in [0.3, 0.4) is 0 Å². The van der Waals surface area contributed by atoms with Crippen LogP contribution in [0, 0.1) is 12.8 Å². The van der Waals surface area contributed by atoms with Gasteiger partial charge in [0.25, 0.3) is 0 Å². The van der Waals surface area contributed by atoms with Gasteiger partial charge in [-0.25, -0.2) is 4.79 Å². The fraction of sp³-hybridized carbons (Fsp3) is 0.778. The molecule has 1 rings (SSSR count). The van der Waals surface area contributed by atoms with Gasteiger partial charge in [-0.3, -0.25) is 0 Å². The van der Waals surface area contributed by atoms with E-state index in [1.165, 1.54) is 0 Å². The molecule has 0 radical (unpaired) electrons. The van der Waals surface area contributed by atoms with Crippen molar-refractivity contribution in [3.8, 4) is 0 Å². The summed E-state index contributed by atoms with van der Waals surface area (Å²) in [5, 5.41) is 0. The van der Waals surface area contributed by atoms with Crippen LogP contribution in [-0.2, 0) is 24.2 Å². The Morgan fingerprint density at radius 3 is 2.23 bits per heavy atom. The summed E-state index contributed by atoms with van der Waals surface area (Å²) < 4.78 is 5.15. The Morgan fingerprint density at radius 1 is 1.46 bits per heavy atom. The molecule has 0 bridgehead atoms. The van der Waals surface area contributed by atoms with E-state index in [2.05, 4.69) is 6.92 Å². The van der Waals surface area contributed by atoms with Crippen molar-refractivity contribution in [2.45, 2.75) is 26.4 Å². The number of carbonyl (C=O) groups excluding carboxylic acids is 1. The number of amides is 1. The molecule has 1 amide bonds. The first-order valence-corrected chi connectivity index (χ1v) is 4.19. The average Bonchev–Trinajstić information content (AvgIpc) is 1.76. The van der Waals surface area contributed by atoms with Crippen molar-refractivity contribution in [1.82, 2.24) is 4.90 Å². The first-order chi connectivity index (χ1) is 5.38. The fourth-order valence-corrected chi connectivity index (χ4v) is 1.05. The molecule has 0 aromatic heterocycles. The van der Waals surface area contributed by atoms with Gasteiger partial charge in [-0.1, -0.05) is 0 Å². The largest absolute Gasteiger partial charge is 0.444 e. The molecule has 1 saturated heterocycles. The van der Waals surface area contributed by atoms with E-state index in [1.54, 1.807) is 4.90 Å². The quantitative estimate of drug-likeness (QED) is 0.472. The number of ether oxygens (including phenoxy) is 1. The number of rotatable bonds is 0. The van der Waals surface area contributed by atoms with E-state index >= 15 is 0 Å². The van der Waals surface area contributed by atoms with Crippen molar-refractivity contribution < 1.29 is 29.0 Å². The van der Waals surface area contributed by atoms with Crippen LogP contribution in [0.5, 0.6) is 0 Å². The van der Waals surface area contributed by atoms with Crippen LogP contribution in [0.1, 0.15) is 20.8 Å².